The molecular formula is C21H26N4O4S2. The van der Waals surface area contributed by atoms with Crippen molar-refractivity contribution in [3.63, 3.8) is 0 Å². The number of ether oxygens (including phenoxy) is 1. The van der Waals surface area contributed by atoms with Crippen molar-refractivity contribution < 1.29 is 14.6 Å². The van der Waals surface area contributed by atoms with Crippen LogP contribution in [0.2, 0.25) is 0 Å². The number of aliphatic hydroxyl groups is 1. The molecule has 3 heterocycles. The summed E-state index contributed by atoms with van der Waals surface area (Å²) in [4.78, 5) is 32.9. The molecule has 2 N–H and O–H groups in total. The topological polar surface area (TPSA) is 96.2 Å². The van der Waals surface area contributed by atoms with Gasteiger partial charge in [0, 0.05) is 18.8 Å². The zero-order chi connectivity index (χ0) is 22.5. The molecule has 1 amide bonds. The predicted molar refractivity (Wildman–Crippen MR) is 127 cm³/mol. The molecule has 166 valence electrons. The number of hydrogen-bond donors (Lipinski definition) is 2. The van der Waals surface area contributed by atoms with Crippen LogP contribution in [-0.4, -0.2) is 62.0 Å². The maximum absolute atomic E-state index is 13.3. The first-order valence-corrected chi connectivity index (χ1v) is 11.3. The number of thioether (sulfide) groups is 1. The normalized spacial score (nSPS) is 16.5. The van der Waals surface area contributed by atoms with Crippen LogP contribution >= 0.6 is 24.0 Å². The number of nitrogens with zero attached hydrogens (tertiary/aromatic N) is 3. The molecule has 10 heteroatoms. The Labute approximate surface area is 190 Å². The number of carbonyl (C=O) groups excluding carboxylic acids is 1. The molecule has 0 bridgehead atoms. The fourth-order valence-corrected chi connectivity index (χ4v) is 4.60. The van der Waals surface area contributed by atoms with Crippen molar-refractivity contribution in [1.82, 2.24) is 14.3 Å². The zero-order valence-corrected chi connectivity index (χ0v) is 19.4. The Bertz CT molecular complexity index is 1080. The minimum absolute atomic E-state index is 0.0156. The van der Waals surface area contributed by atoms with Gasteiger partial charge in [0.05, 0.1) is 30.3 Å². The summed E-state index contributed by atoms with van der Waals surface area (Å²) in [6, 6.07) is 3.65. The number of carbonyl (C=O) groups is 1. The van der Waals surface area contributed by atoms with Crippen LogP contribution in [0.4, 0.5) is 5.82 Å². The fraction of sp³-hybridized carbons (Fsp3) is 0.429. The van der Waals surface area contributed by atoms with Gasteiger partial charge in [0.1, 0.15) is 15.8 Å². The van der Waals surface area contributed by atoms with Crippen LogP contribution in [-0.2, 0) is 9.53 Å². The Hall–Kier alpha value is -2.27. The van der Waals surface area contributed by atoms with E-state index in [4.69, 9.17) is 22.1 Å². The van der Waals surface area contributed by atoms with Gasteiger partial charge in [-0.2, -0.15) is 0 Å². The lowest BCUT2D eigenvalue weighted by Crippen LogP contribution is -2.36. The number of amides is 1. The second kappa shape index (κ2) is 10.4. The maximum Gasteiger partial charge on any atom is 0.267 e. The van der Waals surface area contributed by atoms with Gasteiger partial charge in [-0.1, -0.05) is 37.0 Å². The van der Waals surface area contributed by atoms with Crippen LogP contribution in [0.3, 0.4) is 0 Å². The SMILES string of the molecule is CC[C@@H](C)N1C(=O)/C(=C/c2c(NCCOCCO)nc3c(C)cccn3c2=O)SC1=S. The first kappa shape index (κ1) is 23.4. The second-order valence-corrected chi connectivity index (χ2v) is 8.81. The minimum atomic E-state index is -0.277. The van der Waals surface area contributed by atoms with Crippen molar-refractivity contribution in [1.29, 1.82) is 0 Å². The number of nitrogens with one attached hydrogen (secondary N) is 1. The van der Waals surface area contributed by atoms with Gasteiger partial charge >= 0.3 is 0 Å². The molecule has 8 nitrogen and oxygen atoms in total. The van der Waals surface area contributed by atoms with E-state index in [0.717, 1.165) is 12.0 Å². The van der Waals surface area contributed by atoms with Crippen molar-refractivity contribution in [2.75, 3.05) is 31.7 Å². The number of aliphatic hydroxyl groups excluding tert-OH is 1. The Balaban J connectivity index is 2.03. The number of anilines is 1. The number of hydrogen-bond acceptors (Lipinski definition) is 8. The largest absolute Gasteiger partial charge is 0.394 e. The van der Waals surface area contributed by atoms with Crippen molar-refractivity contribution in [3.05, 3.63) is 44.7 Å². The lowest BCUT2D eigenvalue weighted by atomic mass is 10.2. The summed E-state index contributed by atoms with van der Waals surface area (Å²) in [5.74, 6) is 0.177. The van der Waals surface area contributed by atoms with E-state index in [-0.39, 0.29) is 36.3 Å². The quantitative estimate of drug-likeness (QED) is 0.333. The third-order valence-electron chi connectivity index (χ3n) is 4.99. The van der Waals surface area contributed by atoms with E-state index >= 15 is 0 Å². The molecule has 0 spiro atoms. The fourth-order valence-electron chi connectivity index (χ4n) is 3.16. The van der Waals surface area contributed by atoms with Gasteiger partial charge in [-0.05, 0) is 38.0 Å². The highest BCUT2D eigenvalue weighted by atomic mass is 32.2. The molecule has 2 aromatic heterocycles. The number of thiocarbonyl (C=S) groups is 1. The van der Waals surface area contributed by atoms with E-state index < -0.39 is 0 Å². The first-order chi connectivity index (χ1) is 14.9. The second-order valence-electron chi connectivity index (χ2n) is 7.14. The van der Waals surface area contributed by atoms with E-state index in [2.05, 4.69) is 10.3 Å². The monoisotopic (exact) mass is 462 g/mol. The number of fused-ring (bicyclic) bond motifs is 1. The molecule has 0 saturated carbocycles. The van der Waals surface area contributed by atoms with Gasteiger partial charge < -0.3 is 15.2 Å². The van der Waals surface area contributed by atoms with Crippen LogP contribution in [0.5, 0.6) is 0 Å². The van der Waals surface area contributed by atoms with E-state index in [1.54, 1.807) is 23.2 Å². The average molecular weight is 463 g/mol. The Morgan fingerprint density at radius 1 is 1.39 bits per heavy atom. The van der Waals surface area contributed by atoms with Gasteiger partial charge in [-0.25, -0.2) is 4.98 Å². The molecule has 3 rings (SSSR count). The molecular weight excluding hydrogens is 436 g/mol. The Morgan fingerprint density at radius 3 is 2.87 bits per heavy atom. The molecule has 1 fully saturated rings. The maximum atomic E-state index is 13.3. The van der Waals surface area contributed by atoms with Gasteiger partial charge in [0.2, 0.25) is 0 Å². The van der Waals surface area contributed by atoms with Crippen LogP contribution in [0, 0.1) is 6.92 Å². The van der Waals surface area contributed by atoms with Crippen LogP contribution < -0.4 is 10.9 Å². The molecule has 31 heavy (non-hydrogen) atoms. The van der Waals surface area contributed by atoms with Gasteiger partial charge in [0.15, 0.2) is 0 Å². The molecule has 2 aromatic rings. The molecule has 0 aromatic carbocycles. The summed E-state index contributed by atoms with van der Waals surface area (Å²) in [6.45, 7) is 6.73. The van der Waals surface area contributed by atoms with Crippen molar-refractivity contribution in [2.45, 2.75) is 33.2 Å². The van der Waals surface area contributed by atoms with Crippen LogP contribution in [0.1, 0.15) is 31.4 Å². The summed E-state index contributed by atoms with van der Waals surface area (Å²) >= 11 is 6.59. The third-order valence-corrected chi connectivity index (χ3v) is 6.32. The van der Waals surface area contributed by atoms with E-state index in [0.29, 0.717) is 33.8 Å². The number of aromatic nitrogens is 2. The number of aryl methyl sites for hydroxylation is 1. The molecule has 1 aliphatic rings. The summed E-state index contributed by atoms with van der Waals surface area (Å²) in [5, 5.41) is 12.0. The predicted octanol–water partition coefficient (Wildman–Crippen LogP) is 2.42. The van der Waals surface area contributed by atoms with Crippen molar-refractivity contribution in [2.24, 2.45) is 0 Å². The first-order valence-electron chi connectivity index (χ1n) is 10.1. The standard InChI is InChI=1S/C21H26N4O4S2/c1-4-14(3)25-20(28)16(31-21(25)30)12-15-17(22-7-10-29-11-9-26)23-18-13(2)6-5-8-24(18)19(15)27/h5-6,8,12,14,22,26H,4,7,9-11H2,1-3H3/b16-12-/t14-/m1/s1. The number of rotatable bonds is 9. The Morgan fingerprint density at radius 2 is 2.16 bits per heavy atom. The summed E-state index contributed by atoms with van der Waals surface area (Å²) < 4.78 is 7.25. The lowest BCUT2D eigenvalue weighted by molar-refractivity contribution is -0.123. The number of pyridine rings is 1. The molecule has 1 aliphatic heterocycles. The average Bonchev–Trinajstić information content (AvgIpc) is 3.03. The van der Waals surface area contributed by atoms with Gasteiger partial charge in [-0.15, -0.1) is 0 Å². The van der Waals surface area contributed by atoms with Gasteiger partial charge in [0.25, 0.3) is 11.5 Å². The summed E-state index contributed by atoms with van der Waals surface area (Å²) in [7, 11) is 0. The highest BCUT2D eigenvalue weighted by Gasteiger charge is 2.35. The van der Waals surface area contributed by atoms with Crippen molar-refractivity contribution in [3.8, 4) is 0 Å². The van der Waals surface area contributed by atoms with Crippen molar-refractivity contribution >= 4 is 51.7 Å². The smallest absolute Gasteiger partial charge is 0.267 e. The summed E-state index contributed by atoms with van der Waals surface area (Å²) in [5.41, 5.74) is 1.40. The highest BCUT2D eigenvalue weighted by Crippen LogP contribution is 2.34. The highest BCUT2D eigenvalue weighted by molar-refractivity contribution is 8.26. The molecule has 1 atom stereocenters. The lowest BCUT2D eigenvalue weighted by Gasteiger charge is -2.21. The molecule has 0 unspecified atom stereocenters. The molecule has 0 aliphatic carbocycles. The molecule has 1 saturated heterocycles. The zero-order valence-electron chi connectivity index (χ0n) is 17.8. The van der Waals surface area contributed by atoms with E-state index in [9.17, 15) is 9.59 Å². The summed E-state index contributed by atoms with van der Waals surface area (Å²) in [6.07, 6.45) is 4.01. The third kappa shape index (κ3) is 4.98. The van der Waals surface area contributed by atoms with E-state index in [1.807, 2.05) is 26.8 Å². The minimum Gasteiger partial charge on any atom is -0.394 e. The van der Waals surface area contributed by atoms with Gasteiger partial charge in [-0.3, -0.25) is 18.9 Å². The van der Waals surface area contributed by atoms with Crippen LogP contribution in [0.25, 0.3) is 11.7 Å². The molecule has 0 radical (unpaired) electrons. The van der Waals surface area contributed by atoms with E-state index in [1.165, 1.54) is 16.2 Å². The van der Waals surface area contributed by atoms with Crippen LogP contribution in [0.15, 0.2) is 28.0 Å². The Kier molecular flexibility index (Phi) is 7.82.